The van der Waals surface area contributed by atoms with Crippen LogP contribution in [0.4, 0.5) is 5.95 Å². The molecule has 0 atom stereocenters. The lowest BCUT2D eigenvalue weighted by Gasteiger charge is -2.24. The van der Waals surface area contributed by atoms with E-state index in [1.807, 2.05) is 0 Å². The maximum Gasteiger partial charge on any atom is 0.299 e. The highest BCUT2D eigenvalue weighted by atomic mass is 16.5. The van der Waals surface area contributed by atoms with Crippen molar-refractivity contribution in [2.24, 2.45) is 0 Å². The molecule has 1 aliphatic rings. The van der Waals surface area contributed by atoms with Gasteiger partial charge in [-0.3, -0.25) is 9.69 Å². The fourth-order valence-corrected chi connectivity index (χ4v) is 1.89. The van der Waals surface area contributed by atoms with Crippen LogP contribution in [0.15, 0.2) is 16.9 Å². The van der Waals surface area contributed by atoms with Gasteiger partial charge in [-0.15, -0.1) is 0 Å². The molecule has 3 rings (SSSR count). The third kappa shape index (κ3) is 1.59. The Labute approximate surface area is 97.0 Å². The van der Waals surface area contributed by atoms with Gasteiger partial charge in [-0.25, -0.2) is 4.68 Å². The standard InChI is InChI=1S/C10H11N5O2/c1-7-5-8(17-13-7)9(16)14-3-2-4-15-10(14)11-6-12-15/h5-6H,2-4H2,1H3. The Kier molecular flexibility index (Phi) is 2.17. The zero-order chi connectivity index (χ0) is 11.8. The normalized spacial score (nSPS) is 14.8. The van der Waals surface area contributed by atoms with Crippen LogP contribution in [0.5, 0.6) is 0 Å². The summed E-state index contributed by atoms with van der Waals surface area (Å²) in [6, 6.07) is 1.62. The van der Waals surface area contributed by atoms with Crippen LogP contribution in [0, 0.1) is 6.92 Å². The van der Waals surface area contributed by atoms with Gasteiger partial charge in [-0.1, -0.05) is 5.16 Å². The van der Waals surface area contributed by atoms with E-state index in [2.05, 4.69) is 15.2 Å². The molecule has 0 bridgehead atoms. The average Bonchev–Trinajstić information content (AvgIpc) is 2.95. The first-order chi connectivity index (χ1) is 8.25. The second-order valence-electron chi connectivity index (χ2n) is 3.93. The molecule has 2 aromatic heterocycles. The number of carbonyl (C=O) groups is 1. The molecular weight excluding hydrogens is 222 g/mol. The van der Waals surface area contributed by atoms with Crippen molar-refractivity contribution in [3.63, 3.8) is 0 Å². The SMILES string of the molecule is Cc1cc(C(=O)N2CCCn3ncnc32)on1. The molecule has 2 aromatic rings. The minimum absolute atomic E-state index is 0.223. The van der Waals surface area contributed by atoms with Crippen LogP contribution in [0.25, 0.3) is 0 Å². The molecule has 7 nitrogen and oxygen atoms in total. The summed E-state index contributed by atoms with van der Waals surface area (Å²) in [7, 11) is 0. The number of fused-ring (bicyclic) bond motifs is 1. The van der Waals surface area contributed by atoms with E-state index in [4.69, 9.17) is 4.52 Å². The second-order valence-corrected chi connectivity index (χ2v) is 3.93. The zero-order valence-electron chi connectivity index (χ0n) is 9.33. The van der Waals surface area contributed by atoms with E-state index < -0.39 is 0 Å². The minimum Gasteiger partial charge on any atom is -0.351 e. The number of nitrogens with zero attached hydrogens (tertiary/aromatic N) is 5. The molecule has 1 amide bonds. The highest BCUT2D eigenvalue weighted by molar-refractivity contribution is 6.03. The quantitative estimate of drug-likeness (QED) is 0.721. The maximum atomic E-state index is 12.2. The van der Waals surface area contributed by atoms with Crippen LogP contribution in [0.2, 0.25) is 0 Å². The number of rotatable bonds is 1. The highest BCUT2D eigenvalue weighted by Gasteiger charge is 2.27. The van der Waals surface area contributed by atoms with E-state index in [0.29, 0.717) is 18.2 Å². The summed E-state index contributed by atoms with van der Waals surface area (Å²) in [5.41, 5.74) is 0.687. The average molecular weight is 233 g/mol. The molecule has 3 heterocycles. The first-order valence-corrected chi connectivity index (χ1v) is 5.39. The molecule has 0 unspecified atom stereocenters. The van der Waals surface area contributed by atoms with Gasteiger partial charge in [0.1, 0.15) is 6.33 Å². The van der Waals surface area contributed by atoms with Gasteiger partial charge in [0.15, 0.2) is 0 Å². The van der Waals surface area contributed by atoms with E-state index in [1.165, 1.54) is 6.33 Å². The molecule has 0 aliphatic carbocycles. The zero-order valence-corrected chi connectivity index (χ0v) is 9.33. The fraction of sp³-hybridized carbons (Fsp3) is 0.400. The predicted molar refractivity (Wildman–Crippen MR) is 57.6 cm³/mol. The molecule has 17 heavy (non-hydrogen) atoms. The first kappa shape index (κ1) is 10.0. The van der Waals surface area contributed by atoms with Crippen molar-refractivity contribution in [3.8, 4) is 0 Å². The third-order valence-corrected chi connectivity index (χ3v) is 2.67. The smallest absolute Gasteiger partial charge is 0.299 e. The summed E-state index contributed by atoms with van der Waals surface area (Å²) in [5, 5.41) is 7.76. The Morgan fingerprint density at radius 1 is 1.47 bits per heavy atom. The van der Waals surface area contributed by atoms with Gasteiger partial charge < -0.3 is 4.52 Å². The molecule has 0 aromatic carbocycles. The van der Waals surface area contributed by atoms with Crippen LogP contribution in [0.3, 0.4) is 0 Å². The van der Waals surface area contributed by atoms with E-state index in [9.17, 15) is 4.79 Å². The molecule has 0 saturated heterocycles. The molecule has 1 aliphatic heterocycles. The van der Waals surface area contributed by atoms with Crippen molar-refractivity contribution in [3.05, 3.63) is 23.8 Å². The molecule has 0 N–H and O–H groups in total. The van der Waals surface area contributed by atoms with Gasteiger partial charge in [0.25, 0.3) is 5.91 Å². The summed E-state index contributed by atoms with van der Waals surface area (Å²) >= 11 is 0. The second kappa shape index (κ2) is 3.69. The van der Waals surface area contributed by atoms with Crippen LogP contribution in [-0.4, -0.2) is 32.4 Å². The highest BCUT2D eigenvalue weighted by Crippen LogP contribution is 2.19. The molecule has 0 saturated carbocycles. The number of anilines is 1. The first-order valence-electron chi connectivity index (χ1n) is 5.39. The Balaban J connectivity index is 1.94. The molecule has 0 spiro atoms. The molecular formula is C10H11N5O2. The maximum absolute atomic E-state index is 12.2. The largest absolute Gasteiger partial charge is 0.351 e. The Bertz CT molecular complexity index is 559. The fourth-order valence-electron chi connectivity index (χ4n) is 1.89. The number of hydrogen-bond donors (Lipinski definition) is 0. The number of aryl methyl sites for hydroxylation is 2. The van der Waals surface area contributed by atoms with Crippen molar-refractivity contribution in [2.75, 3.05) is 11.4 Å². The van der Waals surface area contributed by atoms with Crippen molar-refractivity contribution in [1.82, 2.24) is 19.9 Å². The van der Waals surface area contributed by atoms with Crippen molar-refractivity contribution >= 4 is 11.9 Å². The summed E-state index contributed by atoms with van der Waals surface area (Å²) in [5.74, 6) is 0.578. The summed E-state index contributed by atoms with van der Waals surface area (Å²) < 4.78 is 6.69. The van der Waals surface area contributed by atoms with Crippen LogP contribution < -0.4 is 4.90 Å². The van der Waals surface area contributed by atoms with Gasteiger partial charge in [-0.05, 0) is 13.3 Å². The van der Waals surface area contributed by atoms with Crippen LogP contribution in [0.1, 0.15) is 22.7 Å². The molecule has 88 valence electrons. The number of carbonyl (C=O) groups excluding carboxylic acids is 1. The third-order valence-electron chi connectivity index (χ3n) is 2.67. The minimum atomic E-state index is -0.223. The number of hydrogen-bond acceptors (Lipinski definition) is 5. The lowest BCUT2D eigenvalue weighted by molar-refractivity contribution is 0.0944. The van der Waals surface area contributed by atoms with E-state index in [0.717, 1.165) is 13.0 Å². The van der Waals surface area contributed by atoms with Gasteiger partial charge in [0.2, 0.25) is 11.7 Å². The van der Waals surface area contributed by atoms with Gasteiger partial charge >= 0.3 is 0 Å². The monoisotopic (exact) mass is 233 g/mol. The summed E-state index contributed by atoms with van der Waals surface area (Å²) in [6.45, 7) is 3.19. The lowest BCUT2D eigenvalue weighted by atomic mass is 10.3. The Morgan fingerprint density at radius 2 is 2.35 bits per heavy atom. The topological polar surface area (TPSA) is 77.0 Å². The predicted octanol–water partition coefficient (Wildman–Crippen LogP) is 0.625. The Hall–Kier alpha value is -2.18. The summed E-state index contributed by atoms with van der Waals surface area (Å²) in [4.78, 5) is 17.8. The number of amides is 1. The van der Waals surface area contributed by atoms with E-state index in [-0.39, 0.29) is 11.7 Å². The van der Waals surface area contributed by atoms with Gasteiger partial charge in [0.05, 0.1) is 5.69 Å². The van der Waals surface area contributed by atoms with Gasteiger partial charge in [-0.2, -0.15) is 10.1 Å². The van der Waals surface area contributed by atoms with Crippen LogP contribution >= 0.6 is 0 Å². The Morgan fingerprint density at radius 3 is 3.12 bits per heavy atom. The lowest BCUT2D eigenvalue weighted by Crippen LogP contribution is -2.37. The van der Waals surface area contributed by atoms with E-state index >= 15 is 0 Å². The summed E-state index contributed by atoms with van der Waals surface area (Å²) in [6.07, 6.45) is 2.31. The molecule has 0 radical (unpaired) electrons. The van der Waals surface area contributed by atoms with Gasteiger partial charge in [0, 0.05) is 19.2 Å². The number of aromatic nitrogens is 4. The molecule has 7 heteroatoms. The molecule has 0 fully saturated rings. The van der Waals surface area contributed by atoms with Crippen molar-refractivity contribution in [1.29, 1.82) is 0 Å². The van der Waals surface area contributed by atoms with Crippen LogP contribution in [-0.2, 0) is 6.54 Å². The van der Waals surface area contributed by atoms with Crippen molar-refractivity contribution in [2.45, 2.75) is 19.9 Å². The van der Waals surface area contributed by atoms with E-state index in [1.54, 1.807) is 22.6 Å². The van der Waals surface area contributed by atoms with Crippen molar-refractivity contribution < 1.29 is 9.32 Å².